The zero-order valence-electron chi connectivity index (χ0n) is 9.57. The molecule has 1 atom stereocenters. The summed E-state index contributed by atoms with van der Waals surface area (Å²) in [6, 6.07) is -0.299. The lowest BCUT2D eigenvalue weighted by Crippen LogP contribution is -2.28. The van der Waals surface area contributed by atoms with E-state index in [9.17, 15) is 4.79 Å². The van der Waals surface area contributed by atoms with E-state index in [-0.39, 0.29) is 11.8 Å². The minimum Gasteiger partial charge on any atom is -0.294 e. The van der Waals surface area contributed by atoms with E-state index in [0.29, 0.717) is 5.57 Å². The van der Waals surface area contributed by atoms with Gasteiger partial charge in [-0.15, -0.1) is 11.3 Å². The molecule has 0 aliphatic carbocycles. The van der Waals surface area contributed by atoms with E-state index in [4.69, 9.17) is 0 Å². The maximum atomic E-state index is 11.9. The smallest absolute Gasteiger partial charge is 0.181 e. The Hall–Kier alpha value is -1.00. The standard InChI is InChI=1S/C11H16N2OS/c1-7(2)11(14)10(13(4)5)9-6-15-8(3)12-9/h6,10H,1H2,2-5H3. The van der Waals surface area contributed by atoms with Crippen molar-refractivity contribution in [1.29, 1.82) is 0 Å². The average Bonchev–Trinajstić information content (AvgIpc) is 2.51. The van der Waals surface area contributed by atoms with Crippen molar-refractivity contribution in [2.24, 2.45) is 0 Å². The largest absolute Gasteiger partial charge is 0.294 e. The number of aromatic nitrogens is 1. The van der Waals surface area contributed by atoms with Crippen molar-refractivity contribution in [3.05, 3.63) is 28.2 Å². The number of likely N-dealkylation sites (N-methyl/N-ethyl adjacent to an activating group) is 1. The molecule has 0 saturated carbocycles. The van der Waals surface area contributed by atoms with Crippen molar-refractivity contribution in [3.63, 3.8) is 0 Å². The molecule has 0 amide bonds. The Balaban J connectivity index is 3.03. The van der Waals surface area contributed by atoms with Crippen molar-refractivity contribution >= 4 is 17.1 Å². The maximum absolute atomic E-state index is 11.9. The molecule has 0 spiro atoms. The molecule has 0 fully saturated rings. The molecular formula is C11H16N2OS. The zero-order valence-corrected chi connectivity index (χ0v) is 10.4. The molecule has 82 valence electrons. The van der Waals surface area contributed by atoms with Crippen LogP contribution in [-0.2, 0) is 4.79 Å². The van der Waals surface area contributed by atoms with Gasteiger partial charge < -0.3 is 0 Å². The third-order valence-corrected chi connectivity index (χ3v) is 2.89. The van der Waals surface area contributed by atoms with E-state index in [0.717, 1.165) is 10.7 Å². The molecule has 1 aromatic rings. The van der Waals surface area contributed by atoms with Gasteiger partial charge in [-0.2, -0.15) is 0 Å². The fourth-order valence-corrected chi connectivity index (χ4v) is 2.00. The first-order valence-electron chi connectivity index (χ1n) is 4.71. The Bertz CT molecular complexity index is 382. The Morgan fingerprint density at radius 3 is 2.53 bits per heavy atom. The predicted molar refractivity (Wildman–Crippen MR) is 63.1 cm³/mol. The summed E-state index contributed by atoms with van der Waals surface area (Å²) < 4.78 is 0. The molecule has 0 N–H and O–H groups in total. The minimum absolute atomic E-state index is 0.0327. The Labute approximate surface area is 94.4 Å². The summed E-state index contributed by atoms with van der Waals surface area (Å²) in [5, 5.41) is 2.91. The van der Waals surface area contributed by atoms with Gasteiger partial charge in [0, 0.05) is 5.38 Å². The Morgan fingerprint density at radius 2 is 2.20 bits per heavy atom. The molecule has 0 radical (unpaired) electrons. The summed E-state index contributed by atoms with van der Waals surface area (Å²) >= 11 is 1.56. The number of Topliss-reactive ketones (excluding diaryl/α,β-unsaturated/α-hetero) is 1. The van der Waals surface area contributed by atoms with Crippen LogP contribution in [-0.4, -0.2) is 29.8 Å². The van der Waals surface area contributed by atoms with Gasteiger partial charge in [0.1, 0.15) is 6.04 Å². The van der Waals surface area contributed by atoms with Crippen molar-refractivity contribution in [1.82, 2.24) is 9.88 Å². The molecular weight excluding hydrogens is 208 g/mol. The number of nitrogens with zero attached hydrogens (tertiary/aromatic N) is 2. The van der Waals surface area contributed by atoms with Crippen LogP contribution in [0.1, 0.15) is 23.7 Å². The van der Waals surface area contributed by atoms with Gasteiger partial charge in [0.2, 0.25) is 0 Å². The Morgan fingerprint density at radius 1 is 1.60 bits per heavy atom. The van der Waals surface area contributed by atoms with Gasteiger partial charge in [0.25, 0.3) is 0 Å². The molecule has 0 bridgehead atoms. The molecule has 15 heavy (non-hydrogen) atoms. The van der Waals surface area contributed by atoms with Crippen LogP contribution in [0, 0.1) is 6.92 Å². The topological polar surface area (TPSA) is 33.2 Å². The highest BCUT2D eigenvalue weighted by atomic mass is 32.1. The second kappa shape index (κ2) is 4.68. The minimum atomic E-state index is -0.299. The molecule has 3 nitrogen and oxygen atoms in total. The van der Waals surface area contributed by atoms with Gasteiger partial charge >= 0.3 is 0 Å². The normalized spacial score (nSPS) is 12.9. The quantitative estimate of drug-likeness (QED) is 0.735. The van der Waals surface area contributed by atoms with Gasteiger partial charge in [-0.25, -0.2) is 4.98 Å². The van der Waals surface area contributed by atoms with Gasteiger partial charge in [0.05, 0.1) is 10.7 Å². The highest BCUT2D eigenvalue weighted by molar-refractivity contribution is 7.09. The molecule has 1 heterocycles. The van der Waals surface area contributed by atoms with Crippen molar-refractivity contribution in [3.8, 4) is 0 Å². The second-order valence-corrected chi connectivity index (χ2v) is 4.86. The van der Waals surface area contributed by atoms with E-state index in [1.165, 1.54) is 0 Å². The van der Waals surface area contributed by atoms with Crippen LogP contribution in [0.15, 0.2) is 17.5 Å². The first-order chi connectivity index (χ1) is 6.93. The molecule has 1 rings (SSSR count). The lowest BCUT2D eigenvalue weighted by molar-refractivity contribution is -0.120. The number of carbonyl (C=O) groups excluding carboxylic acids is 1. The highest BCUT2D eigenvalue weighted by Gasteiger charge is 2.25. The molecule has 0 aromatic carbocycles. The third kappa shape index (κ3) is 2.73. The van der Waals surface area contributed by atoms with Crippen LogP contribution in [0.3, 0.4) is 0 Å². The molecule has 0 aliphatic heterocycles. The van der Waals surface area contributed by atoms with Gasteiger partial charge in [-0.1, -0.05) is 6.58 Å². The molecule has 4 heteroatoms. The molecule has 1 unspecified atom stereocenters. The number of ketones is 1. The molecule has 1 aromatic heterocycles. The van der Waals surface area contributed by atoms with Crippen molar-refractivity contribution in [2.75, 3.05) is 14.1 Å². The van der Waals surface area contributed by atoms with Crippen LogP contribution in [0.2, 0.25) is 0 Å². The van der Waals surface area contributed by atoms with E-state index in [2.05, 4.69) is 11.6 Å². The van der Waals surface area contributed by atoms with E-state index in [1.807, 2.05) is 31.3 Å². The average molecular weight is 224 g/mol. The van der Waals surface area contributed by atoms with E-state index in [1.54, 1.807) is 18.3 Å². The SMILES string of the molecule is C=C(C)C(=O)C(c1csc(C)n1)N(C)C. The fraction of sp³-hybridized carbons (Fsp3) is 0.455. The Kier molecular flexibility index (Phi) is 3.77. The third-order valence-electron chi connectivity index (χ3n) is 2.10. The predicted octanol–water partition coefficient (Wildman–Crippen LogP) is 2.20. The second-order valence-electron chi connectivity index (χ2n) is 3.80. The van der Waals surface area contributed by atoms with Gasteiger partial charge in [-0.05, 0) is 33.5 Å². The molecule has 0 aliphatic rings. The monoisotopic (exact) mass is 224 g/mol. The lowest BCUT2D eigenvalue weighted by atomic mass is 10.0. The highest BCUT2D eigenvalue weighted by Crippen LogP contribution is 2.23. The van der Waals surface area contributed by atoms with Crippen molar-refractivity contribution < 1.29 is 4.79 Å². The first-order valence-corrected chi connectivity index (χ1v) is 5.59. The number of carbonyl (C=O) groups is 1. The number of hydrogen-bond donors (Lipinski definition) is 0. The number of aryl methyl sites for hydroxylation is 1. The number of thiazole rings is 1. The van der Waals surface area contributed by atoms with Gasteiger partial charge in [0.15, 0.2) is 5.78 Å². The lowest BCUT2D eigenvalue weighted by Gasteiger charge is -2.21. The van der Waals surface area contributed by atoms with E-state index < -0.39 is 0 Å². The van der Waals surface area contributed by atoms with Crippen LogP contribution < -0.4 is 0 Å². The van der Waals surface area contributed by atoms with Crippen LogP contribution in [0.5, 0.6) is 0 Å². The number of rotatable bonds is 4. The zero-order chi connectivity index (χ0) is 11.6. The summed E-state index contributed by atoms with van der Waals surface area (Å²) in [7, 11) is 3.75. The summed E-state index contributed by atoms with van der Waals surface area (Å²) in [5.74, 6) is 0.0327. The first kappa shape index (κ1) is 12.1. The van der Waals surface area contributed by atoms with E-state index >= 15 is 0 Å². The molecule has 0 saturated heterocycles. The summed E-state index contributed by atoms with van der Waals surface area (Å²) in [5.41, 5.74) is 1.38. The van der Waals surface area contributed by atoms with Crippen LogP contribution >= 0.6 is 11.3 Å². The fourth-order valence-electron chi connectivity index (χ4n) is 1.37. The van der Waals surface area contributed by atoms with Crippen molar-refractivity contribution in [2.45, 2.75) is 19.9 Å². The maximum Gasteiger partial charge on any atom is 0.181 e. The van der Waals surface area contributed by atoms with Gasteiger partial charge in [-0.3, -0.25) is 9.69 Å². The van der Waals surface area contributed by atoms with Crippen LogP contribution in [0.4, 0.5) is 0 Å². The summed E-state index contributed by atoms with van der Waals surface area (Å²) in [4.78, 5) is 18.1. The summed E-state index contributed by atoms with van der Waals surface area (Å²) in [6.45, 7) is 7.36. The van der Waals surface area contributed by atoms with Crippen LogP contribution in [0.25, 0.3) is 0 Å². The number of hydrogen-bond acceptors (Lipinski definition) is 4. The summed E-state index contributed by atoms with van der Waals surface area (Å²) in [6.07, 6.45) is 0.